The smallest absolute Gasteiger partial charge is 0.309 e. The maximum absolute atomic E-state index is 12.9. The highest BCUT2D eigenvalue weighted by molar-refractivity contribution is 7.89. The fraction of sp³-hybridized carbons (Fsp3) is 0.265. The van der Waals surface area contributed by atoms with Gasteiger partial charge < -0.3 is 57.7 Å². The van der Waals surface area contributed by atoms with E-state index in [1.165, 1.54) is 132 Å². The molecule has 0 amide bonds. The number of anilines is 5. The van der Waals surface area contributed by atoms with Crippen molar-refractivity contribution in [2.45, 2.75) is 120 Å². The minimum atomic E-state index is -1.23. The quantitative estimate of drug-likeness (QED) is 0.0140. The number of hydrogen-bond acceptors (Lipinski definition) is 39. The fourth-order valence-corrected chi connectivity index (χ4v) is 33.0. The van der Waals surface area contributed by atoms with E-state index in [0.29, 0.717) is 110 Å². The Labute approximate surface area is 915 Å². The monoisotopic (exact) mass is 2300 g/mol. The van der Waals surface area contributed by atoms with Crippen LogP contribution in [-0.4, -0.2) is 171 Å². The molecule has 46 heteroatoms. The van der Waals surface area contributed by atoms with Gasteiger partial charge in [0.2, 0.25) is 5.28 Å². The van der Waals surface area contributed by atoms with Crippen LogP contribution in [0.4, 0.5) is 28.4 Å². The number of carbonyl (C=O) groups excluding carboxylic acids is 1. The zero-order valence-electron chi connectivity index (χ0n) is 81.1. The summed E-state index contributed by atoms with van der Waals surface area (Å²) in [5.74, 6) is 2.52. The largest absolute Gasteiger partial charge is 0.469 e. The predicted octanol–water partition coefficient (Wildman–Crippen LogP) is 24.3. The number of methoxy groups -OCH3 is 2. The summed E-state index contributed by atoms with van der Waals surface area (Å²) in [6, 6.07) is 33.9. The maximum atomic E-state index is 12.9. The molecule has 3 aromatic carbocycles. The number of nitrogen functional groups attached to an aromatic ring is 5. The Kier molecular flexibility index (Phi) is 39.1. The van der Waals surface area contributed by atoms with Gasteiger partial charge in [0.1, 0.15) is 104 Å². The summed E-state index contributed by atoms with van der Waals surface area (Å²) in [5.41, 5.74) is 50.4. The molecule has 0 radical (unpaired) electrons. The van der Waals surface area contributed by atoms with E-state index in [0.717, 1.165) is 228 Å². The average Bonchev–Trinajstić information content (AvgIpc) is 1.59. The standard InChI is InChI=1S/C23H23N3O3S3.C23H25N3O3S3.C22H23N3O2S3.C18H18ClN5OS3.C16H14N4O2S4/c1-3-4-11-32(28)23-20(24)19-16(15-7-5-14(6-8-15)12-18(27)29-2)13-17(26-22(19)31-23)21-25-9-10-30-21;1-2-3-12-32(28)23-20(24)19-17(16-6-4-15(5-7-16)14-29-10-9-27)13-18(26-22(19)31-23)21-25-8-11-30-21;1-2-3-12-30(27)22-19(23)18-16(15-6-4-14(5-7-15)8-10-26)13-17(25-21(18)29-22)20-24-9-11-28-20;1-3-4-7-28(25)17-14(20)13-10(12-9-22-18(19)24(12)2)8-11(23-16(13)27-17)15-21-5-6-26-15;1-22-4-7-26(21)16-12(17)11-9(13-18-2-5-23-13)8-10(20-15(11)25-16)14-19-3-6-24-14/h5-10,13H,3-4,11-12,24H2,1-2H3;4-8,11,13,27H,2-3,9-10,12,14,24H2,1H3;4-7,9,11,13,26H,2-3,8,10,12,23H2,1H3;5-6,8-9H,3-4,7,20H2,1-2H3;2-3,5-6,8H,4,7,17H2,1H3. The van der Waals surface area contributed by atoms with Crippen molar-refractivity contribution in [1.82, 2.24) is 64.4 Å². The van der Waals surface area contributed by atoms with Gasteiger partial charge in [0, 0.05) is 151 Å². The van der Waals surface area contributed by atoms with E-state index in [9.17, 15) is 30.9 Å². The van der Waals surface area contributed by atoms with Crippen molar-refractivity contribution in [2.75, 3.05) is 98.1 Å². The lowest BCUT2D eigenvalue weighted by Crippen LogP contribution is -2.04. The number of unbranched alkanes of at least 4 members (excludes halogenated alkanes) is 4. The number of nitrogens with two attached hydrogens (primary N) is 5. The lowest BCUT2D eigenvalue weighted by atomic mass is 10.00. The highest BCUT2D eigenvalue weighted by atomic mass is 35.5. The van der Waals surface area contributed by atoms with E-state index in [1.54, 1.807) is 55.1 Å². The molecule has 0 aliphatic rings. The van der Waals surface area contributed by atoms with Gasteiger partial charge in [-0.15, -0.1) is 125 Å². The summed E-state index contributed by atoms with van der Waals surface area (Å²) in [6.45, 7) is 9.63. The first-order chi connectivity index (χ1) is 71.9. The van der Waals surface area contributed by atoms with Crippen LogP contribution in [0.5, 0.6) is 0 Å². The van der Waals surface area contributed by atoms with Gasteiger partial charge in [0.05, 0.1) is 140 Å². The number of aliphatic hydroxyl groups is 2. The van der Waals surface area contributed by atoms with E-state index in [4.69, 9.17) is 84.5 Å². The number of carbonyl (C=O) groups is 1. The normalized spacial score (nSPS) is 12.5. The van der Waals surface area contributed by atoms with E-state index in [2.05, 4.69) is 62.6 Å². The molecule has 0 aliphatic heterocycles. The van der Waals surface area contributed by atoms with Crippen molar-refractivity contribution in [2.24, 2.45) is 7.05 Å². The number of imidazole rings is 1. The molecule has 0 saturated heterocycles. The third kappa shape index (κ3) is 25.8. The number of rotatable bonds is 38. The molecule has 20 rings (SSSR count). The molecule has 0 saturated carbocycles. The topological polar surface area (TPSA) is 460 Å². The molecule has 148 heavy (non-hydrogen) atoms. The Morgan fingerprint density at radius 3 is 0.966 bits per heavy atom. The first kappa shape index (κ1) is 110. The van der Waals surface area contributed by atoms with Crippen LogP contribution in [0.3, 0.4) is 0 Å². The van der Waals surface area contributed by atoms with Gasteiger partial charge in [0.15, 0.2) is 0 Å². The zero-order valence-corrected chi connectivity index (χ0v) is 95.0. The second-order valence-corrected chi connectivity index (χ2v) is 52.5. The number of thiazole rings is 6. The third-order valence-electron chi connectivity index (χ3n) is 23.0. The van der Waals surface area contributed by atoms with E-state index >= 15 is 0 Å². The molecule has 17 aromatic heterocycles. The zero-order chi connectivity index (χ0) is 104. The van der Waals surface area contributed by atoms with Gasteiger partial charge in [-0.3, -0.25) is 25.8 Å². The molecule has 5 atom stereocenters. The number of halogens is 1. The first-order valence-electron chi connectivity index (χ1n) is 46.7. The van der Waals surface area contributed by atoms with Crippen molar-refractivity contribution < 1.29 is 50.3 Å². The van der Waals surface area contributed by atoms with Crippen LogP contribution in [0.1, 0.15) is 95.8 Å². The highest BCUT2D eigenvalue weighted by Crippen LogP contribution is 2.50. The summed E-state index contributed by atoms with van der Waals surface area (Å²) in [4.78, 5) is 70.0. The Bertz CT molecular complexity index is 8040. The Hall–Kier alpha value is -10.5. The van der Waals surface area contributed by atoms with Gasteiger partial charge in [-0.2, -0.15) is 0 Å². The number of aliphatic hydroxyl groups excluding tert-OH is 2. The molecule has 17 heterocycles. The lowest BCUT2D eigenvalue weighted by molar-refractivity contribution is -0.139. The van der Waals surface area contributed by atoms with Crippen molar-refractivity contribution in [3.63, 3.8) is 0 Å². The number of benzene rings is 3. The number of aromatic nitrogens is 13. The molecule has 0 fully saturated rings. The molecule has 29 nitrogen and oxygen atoms in total. The van der Waals surface area contributed by atoms with E-state index < -0.39 is 54.0 Å². The van der Waals surface area contributed by atoms with Gasteiger partial charge in [-0.25, -0.2) is 59.8 Å². The number of ether oxygens (including phenoxy) is 3. The van der Waals surface area contributed by atoms with E-state index in [-0.39, 0.29) is 25.6 Å². The molecule has 5 unspecified atom stereocenters. The minimum Gasteiger partial charge on any atom is -0.469 e. The van der Waals surface area contributed by atoms with E-state index in [1.807, 2.05) is 142 Å². The highest BCUT2D eigenvalue weighted by Gasteiger charge is 2.30. The number of nitrogens with zero attached hydrogens (tertiary/aromatic N) is 13. The average molecular weight is 2310 g/mol. The number of pyridine rings is 5. The summed E-state index contributed by atoms with van der Waals surface area (Å²) in [7, 11) is -0.976. The molecule has 12 N–H and O–H groups in total. The first-order valence-corrected chi connectivity index (χ1v) is 63.1. The lowest BCUT2D eigenvalue weighted by Gasteiger charge is -2.09. The van der Waals surface area contributed by atoms with Crippen molar-refractivity contribution in [3.8, 4) is 109 Å². The number of hydrogen-bond donors (Lipinski definition) is 7. The Balaban J connectivity index is 0.000000132. The van der Waals surface area contributed by atoms with Crippen molar-refractivity contribution in [1.29, 1.82) is 0 Å². The van der Waals surface area contributed by atoms with Crippen molar-refractivity contribution in [3.05, 3.63) is 201 Å². The summed E-state index contributed by atoms with van der Waals surface area (Å²) < 4.78 is 84.5. The summed E-state index contributed by atoms with van der Waals surface area (Å²) in [5, 5.41) is 39.1. The molecule has 770 valence electrons. The van der Waals surface area contributed by atoms with Gasteiger partial charge in [0.25, 0.3) is 0 Å². The summed E-state index contributed by atoms with van der Waals surface area (Å²) in [6.07, 6.45) is 20.6. The van der Waals surface area contributed by atoms with Gasteiger partial charge in [-0.05, 0) is 124 Å². The maximum Gasteiger partial charge on any atom is 0.309 e. The number of esters is 1. The predicted molar refractivity (Wildman–Crippen MR) is 621 cm³/mol. The van der Waals surface area contributed by atoms with Gasteiger partial charge >= 0.3 is 5.97 Å². The van der Waals surface area contributed by atoms with Crippen LogP contribution in [0.25, 0.3) is 160 Å². The second-order valence-electron chi connectivity index (χ2n) is 32.9. The van der Waals surface area contributed by atoms with Crippen LogP contribution in [0.15, 0.2) is 200 Å². The fourth-order valence-electron chi connectivity index (χ4n) is 15.5. The van der Waals surface area contributed by atoms with Crippen LogP contribution >= 0.6 is 136 Å². The number of thiophene rings is 5. The summed E-state index contributed by atoms with van der Waals surface area (Å²) >= 11 is 22.3. The SMILES string of the molecule is CCCCS(=O)c1sc2nc(-c3nccs3)cc(-c3ccc(CC(=O)OC)cc3)c2c1N.CCCCS(=O)c1sc2nc(-c3nccs3)cc(-c3ccc(CCO)cc3)c2c1N.CCCCS(=O)c1sc2nc(-c3nccs3)cc(-c3ccc(COCCO)cc3)c2c1N.CCCCS(=O)c1sc2nc(-c3nccs3)cc(-c3cnc(Cl)n3C)c2c1N.COCCS(=O)c1sc2nc(-c3nccs3)cc(-c3nccs3)c2c1N. The molecule has 0 bridgehead atoms. The molecule has 20 aromatic rings. The van der Waals surface area contributed by atoms with Crippen LogP contribution < -0.4 is 28.7 Å². The molecule has 0 aliphatic carbocycles. The minimum absolute atomic E-state index is 0.00596. The van der Waals surface area contributed by atoms with Crippen LogP contribution in [-0.2, 0) is 99.5 Å². The second kappa shape index (κ2) is 52.5. The molecular formula is C102H103ClN18O11S16. The van der Waals surface area contributed by atoms with Crippen LogP contribution in [0, 0.1) is 0 Å². The molecular weight excluding hydrogens is 2200 g/mol. The number of fused-ring (bicyclic) bond motifs is 5. The Morgan fingerprint density at radius 2 is 0.676 bits per heavy atom. The Morgan fingerprint density at radius 1 is 0.378 bits per heavy atom. The van der Waals surface area contributed by atoms with Crippen LogP contribution in [0.2, 0.25) is 5.28 Å². The molecule has 0 spiro atoms. The van der Waals surface area contributed by atoms with Crippen molar-refractivity contribution >= 4 is 276 Å². The van der Waals surface area contributed by atoms with Gasteiger partial charge in [-0.1, -0.05) is 126 Å². The third-order valence-corrected chi connectivity index (χ3v) is 43.0.